The van der Waals surface area contributed by atoms with Crippen molar-refractivity contribution in [1.82, 2.24) is 0 Å². The number of hydrogen-bond donors (Lipinski definition) is 0. The van der Waals surface area contributed by atoms with E-state index in [-0.39, 0.29) is 20.4 Å². The summed E-state index contributed by atoms with van der Waals surface area (Å²) in [6.45, 7) is 0. The van der Waals surface area contributed by atoms with Gasteiger partial charge in [-0.05, 0) is 82.2 Å². The van der Waals surface area contributed by atoms with Crippen LogP contribution in [-0.4, -0.2) is 0 Å². The van der Waals surface area contributed by atoms with E-state index in [0.29, 0.717) is 0 Å². The Morgan fingerprint density at radius 1 is 0.255 bits per heavy atom. The van der Waals surface area contributed by atoms with Gasteiger partial charge in [0.15, 0.2) is 0 Å². The molecular formula is C44H34P2Pd+2. The van der Waals surface area contributed by atoms with Crippen molar-refractivity contribution in [3.63, 3.8) is 0 Å². The Kier molecular flexibility index (Phi) is 9.54. The fourth-order valence-electron chi connectivity index (χ4n) is 6.87. The molecule has 228 valence electrons. The standard InChI is InChI=1S/C44H32P2.Pd/c1-5-19-35(20-6-1)45(36-21-7-2-8-22-36)41-31-29-33-17-13-15-27-39(33)43(41)44-40-28-16-14-18-34(40)30-32-42(44)46(37-23-9-3-10-24-37)38-25-11-4-12-26-38;/h1-32H;/p+2. The summed E-state index contributed by atoms with van der Waals surface area (Å²) in [5.41, 5.74) is 2.75. The molecule has 0 amide bonds. The first-order valence-electron chi connectivity index (χ1n) is 15.9. The summed E-state index contributed by atoms with van der Waals surface area (Å²) in [4.78, 5) is 0. The van der Waals surface area contributed by atoms with E-state index in [0.717, 1.165) is 0 Å². The molecule has 0 spiro atoms. The molecule has 0 aliphatic carbocycles. The van der Waals surface area contributed by atoms with Crippen LogP contribution >= 0.6 is 15.8 Å². The Balaban J connectivity index is 0.00000351. The minimum Gasteiger partial charge on any atom is -0.0620 e. The third kappa shape index (κ3) is 6.15. The fourth-order valence-corrected chi connectivity index (χ4v) is 12.4. The Hall–Kier alpha value is -4.20. The second-order valence-corrected chi connectivity index (χ2v) is 16.5. The normalized spacial score (nSPS) is 11.2. The summed E-state index contributed by atoms with van der Waals surface area (Å²) < 4.78 is 0. The van der Waals surface area contributed by atoms with Crippen LogP contribution < -0.4 is 31.8 Å². The van der Waals surface area contributed by atoms with Gasteiger partial charge in [-0.15, -0.1) is 0 Å². The zero-order valence-electron chi connectivity index (χ0n) is 25.8. The summed E-state index contributed by atoms with van der Waals surface area (Å²) >= 11 is 0. The Morgan fingerprint density at radius 3 is 0.851 bits per heavy atom. The second kappa shape index (κ2) is 14.3. The van der Waals surface area contributed by atoms with Gasteiger partial charge in [-0.3, -0.25) is 0 Å². The second-order valence-electron chi connectivity index (χ2n) is 11.6. The zero-order chi connectivity index (χ0) is 30.7. The molecule has 0 aliphatic rings. The van der Waals surface area contributed by atoms with Crippen LogP contribution in [0, 0.1) is 0 Å². The molecule has 0 fully saturated rings. The van der Waals surface area contributed by atoms with E-state index in [9.17, 15) is 0 Å². The van der Waals surface area contributed by atoms with E-state index >= 15 is 0 Å². The van der Waals surface area contributed by atoms with Crippen LogP contribution in [0.5, 0.6) is 0 Å². The molecule has 0 unspecified atom stereocenters. The molecule has 47 heavy (non-hydrogen) atoms. The van der Waals surface area contributed by atoms with E-state index in [2.05, 4.69) is 194 Å². The van der Waals surface area contributed by atoms with Gasteiger partial charge in [0.25, 0.3) is 0 Å². The molecule has 8 aromatic carbocycles. The molecular weight excluding hydrogens is 697 g/mol. The fraction of sp³-hybridized carbons (Fsp3) is 0. The monoisotopic (exact) mass is 730 g/mol. The Labute approximate surface area is 293 Å². The molecule has 0 bridgehead atoms. The van der Waals surface area contributed by atoms with E-state index in [1.54, 1.807) is 0 Å². The molecule has 3 heteroatoms. The van der Waals surface area contributed by atoms with Crippen molar-refractivity contribution in [2.75, 3.05) is 0 Å². The summed E-state index contributed by atoms with van der Waals surface area (Å²) in [6, 6.07) is 72.2. The van der Waals surface area contributed by atoms with Gasteiger partial charge in [0.05, 0.1) is 15.8 Å². The number of benzene rings is 8. The van der Waals surface area contributed by atoms with Gasteiger partial charge in [-0.2, -0.15) is 0 Å². The van der Waals surface area contributed by atoms with E-state index in [1.807, 2.05) is 0 Å². The summed E-state index contributed by atoms with van der Waals surface area (Å²) in [5.74, 6) is 0. The Morgan fingerprint density at radius 2 is 0.532 bits per heavy atom. The zero-order valence-corrected chi connectivity index (χ0v) is 29.3. The third-order valence-corrected chi connectivity index (χ3v) is 14.4. The van der Waals surface area contributed by atoms with Gasteiger partial charge in [-0.25, -0.2) is 0 Å². The third-order valence-electron chi connectivity index (χ3n) is 8.90. The maximum Gasteiger partial charge on any atom is 0.111 e. The molecule has 0 aromatic heterocycles. The molecule has 0 heterocycles. The number of fused-ring (bicyclic) bond motifs is 2. The molecule has 8 rings (SSSR count). The largest absolute Gasteiger partial charge is 0.111 e. The first-order chi connectivity index (χ1) is 22.9. The van der Waals surface area contributed by atoms with Gasteiger partial charge in [0.2, 0.25) is 0 Å². The average molecular weight is 731 g/mol. The molecule has 0 nitrogen and oxygen atoms in total. The van der Waals surface area contributed by atoms with Crippen molar-refractivity contribution in [2.24, 2.45) is 0 Å². The minimum atomic E-state index is -1.37. The SMILES string of the molecule is [Pd].c1ccc([PH+](c2ccccc2)c2ccc3ccccc3c2-c2c([PH+](c3ccccc3)c3ccccc3)ccc3ccccc23)cc1. The quantitative estimate of drug-likeness (QED) is 0.114. The van der Waals surface area contributed by atoms with Crippen LogP contribution in [0.2, 0.25) is 0 Å². The topological polar surface area (TPSA) is 0 Å². The van der Waals surface area contributed by atoms with Gasteiger partial charge >= 0.3 is 0 Å². The molecule has 0 radical (unpaired) electrons. The Bertz CT molecular complexity index is 2010. The van der Waals surface area contributed by atoms with Crippen LogP contribution in [0.15, 0.2) is 194 Å². The van der Waals surface area contributed by atoms with Crippen molar-refractivity contribution in [1.29, 1.82) is 0 Å². The van der Waals surface area contributed by atoms with Crippen molar-refractivity contribution in [2.45, 2.75) is 0 Å². The molecule has 0 atom stereocenters. The van der Waals surface area contributed by atoms with Gasteiger partial charge in [-0.1, -0.05) is 133 Å². The van der Waals surface area contributed by atoms with E-state index < -0.39 is 15.8 Å². The van der Waals surface area contributed by atoms with Crippen LogP contribution in [0.1, 0.15) is 0 Å². The van der Waals surface area contributed by atoms with Crippen LogP contribution in [-0.2, 0) is 20.4 Å². The summed E-state index contributed by atoms with van der Waals surface area (Å²) in [6.07, 6.45) is 0. The van der Waals surface area contributed by atoms with Gasteiger partial charge in [0, 0.05) is 31.5 Å². The van der Waals surface area contributed by atoms with Crippen molar-refractivity contribution >= 4 is 69.2 Å². The van der Waals surface area contributed by atoms with Crippen molar-refractivity contribution in [3.05, 3.63) is 194 Å². The summed E-state index contributed by atoms with van der Waals surface area (Å²) in [5, 5.41) is 13.6. The van der Waals surface area contributed by atoms with Crippen molar-refractivity contribution < 1.29 is 20.4 Å². The minimum absolute atomic E-state index is 0. The first-order valence-corrected chi connectivity index (χ1v) is 18.9. The maximum absolute atomic E-state index is 2.44. The molecule has 0 aliphatic heterocycles. The van der Waals surface area contributed by atoms with Crippen LogP contribution in [0.3, 0.4) is 0 Å². The first kappa shape index (κ1) is 31.4. The predicted molar refractivity (Wildman–Crippen MR) is 207 cm³/mol. The maximum atomic E-state index is 2.44. The number of hydrogen-bond acceptors (Lipinski definition) is 0. The van der Waals surface area contributed by atoms with E-state index in [4.69, 9.17) is 0 Å². The van der Waals surface area contributed by atoms with Crippen molar-refractivity contribution in [3.8, 4) is 11.1 Å². The van der Waals surface area contributed by atoms with E-state index in [1.165, 1.54) is 64.5 Å². The van der Waals surface area contributed by atoms with Gasteiger partial charge in [0.1, 0.15) is 31.8 Å². The molecule has 0 saturated heterocycles. The smallest absolute Gasteiger partial charge is 0.0620 e. The van der Waals surface area contributed by atoms with Gasteiger partial charge < -0.3 is 0 Å². The molecule has 0 N–H and O–H groups in total. The number of rotatable bonds is 7. The average Bonchev–Trinajstić information content (AvgIpc) is 3.14. The van der Waals surface area contributed by atoms with Crippen LogP contribution in [0.25, 0.3) is 32.7 Å². The van der Waals surface area contributed by atoms with Crippen LogP contribution in [0.4, 0.5) is 0 Å². The molecule has 0 saturated carbocycles. The predicted octanol–water partition coefficient (Wildman–Crippen LogP) is 8.64. The summed E-state index contributed by atoms with van der Waals surface area (Å²) in [7, 11) is -2.74. The molecule has 8 aromatic rings.